The molecule has 0 aliphatic carbocycles. The van der Waals surface area contributed by atoms with Crippen LogP contribution in [0.5, 0.6) is 5.75 Å². The van der Waals surface area contributed by atoms with E-state index in [0.717, 1.165) is 28.5 Å². The molecule has 0 radical (unpaired) electrons. The van der Waals surface area contributed by atoms with Gasteiger partial charge in [-0.15, -0.1) is 11.8 Å². The number of aryl methyl sites for hydroxylation is 1. The van der Waals surface area contributed by atoms with Crippen molar-refractivity contribution in [3.05, 3.63) is 35.1 Å². The third-order valence-electron chi connectivity index (χ3n) is 2.94. The fourth-order valence-corrected chi connectivity index (χ4v) is 3.49. The van der Waals surface area contributed by atoms with E-state index in [4.69, 9.17) is 22.1 Å². The van der Waals surface area contributed by atoms with E-state index in [1.54, 1.807) is 19.3 Å². The highest BCUT2D eigenvalue weighted by atomic mass is 35.5. The summed E-state index contributed by atoms with van der Waals surface area (Å²) < 4.78 is 5.23. The Balaban J connectivity index is 2.05. The SMILES string of the molecule is C=Cc1cc(CCSc2nc(N)cc(SC)n2)nc(Cl)c1OC. The van der Waals surface area contributed by atoms with Crippen LogP contribution in [0.1, 0.15) is 11.3 Å². The molecule has 0 aliphatic heterocycles. The molecule has 5 nitrogen and oxygen atoms in total. The molecule has 2 rings (SSSR count). The maximum Gasteiger partial charge on any atom is 0.190 e. The number of aromatic nitrogens is 3. The number of halogens is 1. The second-order valence-electron chi connectivity index (χ2n) is 4.45. The minimum absolute atomic E-state index is 0.342. The van der Waals surface area contributed by atoms with Gasteiger partial charge in [-0.1, -0.05) is 36.0 Å². The standard InChI is InChI=1S/C15H17ClN4OS2/c1-4-9-7-10(18-14(16)13(9)21-2)5-6-23-15-19-11(17)8-12(20-15)22-3/h4,7-8H,1,5-6H2,2-3H3,(H2,17,19,20). The normalized spacial score (nSPS) is 10.6. The Morgan fingerprint density at radius 3 is 2.78 bits per heavy atom. The molecular formula is C15H17ClN4OS2. The highest BCUT2D eigenvalue weighted by Gasteiger charge is 2.10. The smallest absolute Gasteiger partial charge is 0.190 e. The van der Waals surface area contributed by atoms with Gasteiger partial charge in [0.15, 0.2) is 16.1 Å². The van der Waals surface area contributed by atoms with Crippen molar-refractivity contribution in [3.8, 4) is 5.75 Å². The molecular weight excluding hydrogens is 352 g/mol. The third-order valence-corrected chi connectivity index (χ3v) is 4.67. The van der Waals surface area contributed by atoms with E-state index in [0.29, 0.717) is 21.9 Å². The van der Waals surface area contributed by atoms with Crippen molar-refractivity contribution in [2.75, 3.05) is 24.9 Å². The summed E-state index contributed by atoms with van der Waals surface area (Å²) in [4.78, 5) is 13.0. The van der Waals surface area contributed by atoms with E-state index in [2.05, 4.69) is 21.5 Å². The van der Waals surface area contributed by atoms with Crippen LogP contribution in [-0.4, -0.2) is 34.1 Å². The van der Waals surface area contributed by atoms with Gasteiger partial charge in [0.25, 0.3) is 0 Å². The number of hydrogen-bond donors (Lipinski definition) is 1. The van der Waals surface area contributed by atoms with Gasteiger partial charge in [-0.25, -0.2) is 15.0 Å². The minimum atomic E-state index is 0.342. The van der Waals surface area contributed by atoms with E-state index in [-0.39, 0.29) is 0 Å². The summed E-state index contributed by atoms with van der Waals surface area (Å²) in [6, 6.07) is 3.68. The molecule has 0 aromatic carbocycles. The fraction of sp³-hybridized carbons (Fsp3) is 0.267. The van der Waals surface area contributed by atoms with Crippen LogP contribution in [0.4, 0.5) is 5.82 Å². The maximum absolute atomic E-state index is 6.14. The molecule has 0 bridgehead atoms. The second kappa shape index (κ2) is 8.42. The molecule has 0 unspecified atom stereocenters. The summed E-state index contributed by atoms with van der Waals surface area (Å²) in [5.74, 6) is 1.79. The molecule has 23 heavy (non-hydrogen) atoms. The average molecular weight is 369 g/mol. The van der Waals surface area contributed by atoms with Crippen molar-refractivity contribution in [3.63, 3.8) is 0 Å². The van der Waals surface area contributed by atoms with Gasteiger partial charge in [0, 0.05) is 23.1 Å². The van der Waals surface area contributed by atoms with E-state index >= 15 is 0 Å². The molecule has 8 heteroatoms. The molecule has 2 N–H and O–H groups in total. The highest BCUT2D eigenvalue weighted by molar-refractivity contribution is 7.99. The number of thioether (sulfide) groups is 2. The van der Waals surface area contributed by atoms with Crippen LogP contribution < -0.4 is 10.5 Å². The first kappa shape index (κ1) is 17.9. The second-order valence-corrected chi connectivity index (χ2v) is 6.69. The Morgan fingerprint density at radius 1 is 1.35 bits per heavy atom. The summed E-state index contributed by atoms with van der Waals surface area (Å²) in [5.41, 5.74) is 7.47. The van der Waals surface area contributed by atoms with Gasteiger partial charge in [0.05, 0.1) is 7.11 Å². The van der Waals surface area contributed by atoms with E-state index < -0.39 is 0 Å². The zero-order chi connectivity index (χ0) is 16.8. The molecule has 122 valence electrons. The van der Waals surface area contributed by atoms with E-state index in [1.807, 2.05) is 12.3 Å². The van der Waals surface area contributed by atoms with Crippen molar-refractivity contribution in [2.24, 2.45) is 0 Å². The predicted octanol–water partition coefficient (Wildman–Crippen LogP) is 3.82. The summed E-state index contributed by atoms with van der Waals surface area (Å²) >= 11 is 9.21. The van der Waals surface area contributed by atoms with Gasteiger partial charge in [-0.3, -0.25) is 0 Å². The first-order valence-electron chi connectivity index (χ1n) is 6.74. The van der Waals surface area contributed by atoms with Gasteiger partial charge < -0.3 is 10.5 Å². The molecule has 0 saturated carbocycles. The van der Waals surface area contributed by atoms with Crippen LogP contribution in [0.2, 0.25) is 5.15 Å². The van der Waals surface area contributed by atoms with Crippen LogP contribution >= 0.6 is 35.1 Å². The average Bonchev–Trinajstić information content (AvgIpc) is 2.53. The highest BCUT2D eigenvalue weighted by Crippen LogP contribution is 2.29. The third kappa shape index (κ3) is 4.76. The largest absolute Gasteiger partial charge is 0.493 e. The molecule has 0 spiro atoms. The van der Waals surface area contributed by atoms with E-state index in [1.165, 1.54) is 23.5 Å². The van der Waals surface area contributed by atoms with Gasteiger partial charge >= 0.3 is 0 Å². The maximum atomic E-state index is 6.14. The molecule has 0 saturated heterocycles. The quantitative estimate of drug-likeness (QED) is 0.344. The Bertz CT molecular complexity index is 712. The molecule has 0 amide bonds. The summed E-state index contributed by atoms with van der Waals surface area (Å²) in [5, 5.41) is 1.87. The van der Waals surface area contributed by atoms with Crippen molar-refractivity contribution in [1.29, 1.82) is 0 Å². The number of ether oxygens (including phenoxy) is 1. The number of pyridine rings is 1. The first-order valence-corrected chi connectivity index (χ1v) is 9.33. The van der Waals surface area contributed by atoms with Gasteiger partial charge in [0.2, 0.25) is 0 Å². The number of anilines is 1. The van der Waals surface area contributed by atoms with Crippen molar-refractivity contribution < 1.29 is 4.74 Å². The molecule has 2 heterocycles. The molecule has 0 fully saturated rings. The van der Waals surface area contributed by atoms with Crippen LogP contribution in [0, 0.1) is 0 Å². The minimum Gasteiger partial charge on any atom is -0.493 e. The number of nitrogens with zero attached hydrogens (tertiary/aromatic N) is 3. The van der Waals surface area contributed by atoms with Crippen LogP contribution in [-0.2, 0) is 6.42 Å². The van der Waals surface area contributed by atoms with Crippen molar-refractivity contribution >= 4 is 47.0 Å². The zero-order valence-electron chi connectivity index (χ0n) is 12.9. The molecule has 0 atom stereocenters. The number of rotatable bonds is 7. The zero-order valence-corrected chi connectivity index (χ0v) is 15.3. The first-order chi connectivity index (χ1) is 11.1. The Kier molecular flexibility index (Phi) is 6.56. The predicted molar refractivity (Wildman–Crippen MR) is 98.5 cm³/mol. The van der Waals surface area contributed by atoms with Crippen LogP contribution in [0.3, 0.4) is 0 Å². The summed E-state index contributed by atoms with van der Waals surface area (Å²) in [7, 11) is 1.56. The number of methoxy groups -OCH3 is 1. The number of nitrogens with two attached hydrogens (primary N) is 1. The topological polar surface area (TPSA) is 73.9 Å². The lowest BCUT2D eigenvalue weighted by atomic mass is 10.2. The molecule has 2 aromatic rings. The van der Waals surface area contributed by atoms with Crippen molar-refractivity contribution in [2.45, 2.75) is 16.6 Å². The van der Waals surface area contributed by atoms with Crippen LogP contribution in [0.15, 0.2) is 28.9 Å². The lowest BCUT2D eigenvalue weighted by Gasteiger charge is -2.09. The number of nitrogen functional groups attached to an aromatic ring is 1. The number of hydrogen-bond acceptors (Lipinski definition) is 7. The van der Waals surface area contributed by atoms with Gasteiger partial charge in [0.1, 0.15) is 10.8 Å². The van der Waals surface area contributed by atoms with Crippen LogP contribution in [0.25, 0.3) is 6.08 Å². The Hall–Kier alpha value is -1.44. The summed E-state index contributed by atoms with van der Waals surface area (Å²) in [6.45, 7) is 3.77. The Morgan fingerprint density at radius 2 is 2.13 bits per heavy atom. The Labute approximate surface area is 149 Å². The van der Waals surface area contributed by atoms with E-state index in [9.17, 15) is 0 Å². The van der Waals surface area contributed by atoms with Gasteiger partial charge in [-0.2, -0.15) is 0 Å². The van der Waals surface area contributed by atoms with Gasteiger partial charge in [-0.05, 0) is 18.7 Å². The molecule has 2 aromatic heterocycles. The monoisotopic (exact) mass is 368 g/mol. The lowest BCUT2D eigenvalue weighted by molar-refractivity contribution is 0.412. The molecule has 0 aliphatic rings. The fourth-order valence-electron chi connectivity index (χ4n) is 1.89. The lowest BCUT2D eigenvalue weighted by Crippen LogP contribution is -2.00. The van der Waals surface area contributed by atoms with Crippen molar-refractivity contribution in [1.82, 2.24) is 15.0 Å². The summed E-state index contributed by atoms with van der Waals surface area (Å²) in [6.07, 6.45) is 4.38.